The van der Waals surface area contributed by atoms with Crippen molar-refractivity contribution in [2.24, 2.45) is 0 Å². The van der Waals surface area contributed by atoms with E-state index in [9.17, 15) is 13.2 Å². The lowest BCUT2D eigenvalue weighted by Crippen LogP contribution is -2.39. The third-order valence-corrected chi connectivity index (χ3v) is 4.18. The summed E-state index contributed by atoms with van der Waals surface area (Å²) in [7, 11) is 0. The number of aromatic nitrogens is 1. The number of rotatable bonds is 3. The Kier molecular flexibility index (Phi) is 4.11. The van der Waals surface area contributed by atoms with Crippen LogP contribution in [0, 0.1) is 0 Å². The smallest absolute Gasteiger partial charge is 0.397 e. The molecule has 1 aliphatic heterocycles. The van der Waals surface area contributed by atoms with Gasteiger partial charge in [-0.05, 0) is 37.1 Å². The number of nitrogens with one attached hydrogen (secondary N) is 2. The maximum atomic E-state index is 12.8. The number of hydrogen-bond donors (Lipinski definition) is 3. The average molecular weight is 324 g/mol. The number of nitrogens with zero attached hydrogens (tertiary/aromatic N) is 1. The molecule has 0 saturated carbocycles. The molecule has 1 saturated heterocycles. The van der Waals surface area contributed by atoms with Gasteiger partial charge in [-0.25, -0.2) is 0 Å². The fourth-order valence-corrected chi connectivity index (χ4v) is 2.87. The summed E-state index contributed by atoms with van der Waals surface area (Å²) in [4.78, 5) is 5.28. The summed E-state index contributed by atoms with van der Waals surface area (Å²) in [6.07, 6.45) is 1.16. The second-order valence-corrected chi connectivity index (χ2v) is 5.77. The minimum atomic E-state index is -4.36. The summed E-state index contributed by atoms with van der Waals surface area (Å²) in [6, 6.07) is 5.54. The van der Waals surface area contributed by atoms with Crippen molar-refractivity contribution in [1.29, 1.82) is 0 Å². The van der Waals surface area contributed by atoms with Crippen LogP contribution in [-0.2, 0) is 6.18 Å². The second-order valence-electron chi connectivity index (χ2n) is 5.77. The monoisotopic (exact) mass is 324 g/mol. The van der Waals surface area contributed by atoms with Gasteiger partial charge in [-0.3, -0.25) is 0 Å². The molecule has 4 nitrogen and oxygen atoms in total. The lowest BCUT2D eigenvalue weighted by molar-refractivity contribution is -0.137. The van der Waals surface area contributed by atoms with Gasteiger partial charge in [-0.1, -0.05) is 0 Å². The van der Waals surface area contributed by atoms with E-state index in [1.807, 2.05) is 18.5 Å². The molecule has 0 bridgehead atoms. The maximum absolute atomic E-state index is 12.8. The zero-order valence-electron chi connectivity index (χ0n) is 12.5. The van der Waals surface area contributed by atoms with Crippen molar-refractivity contribution < 1.29 is 13.2 Å². The van der Waals surface area contributed by atoms with E-state index in [4.69, 9.17) is 5.73 Å². The third-order valence-electron chi connectivity index (χ3n) is 4.18. The van der Waals surface area contributed by atoms with Gasteiger partial charge < -0.3 is 20.9 Å². The standard InChI is InChI=1S/C16H19F3N4/c17-16(18,19)11-1-2-14(20)15(9-11)22-12-4-7-23(8-5-12)13-3-6-21-10-13/h1-3,6,9-10,12,21-22H,4-5,7-8,20H2. The Hall–Kier alpha value is -2.31. The Balaban J connectivity index is 1.64. The minimum Gasteiger partial charge on any atom is -0.397 e. The minimum absolute atomic E-state index is 0.121. The summed E-state index contributed by atoms with van der Waals surface area (Å²) in [5, 5.41) is 3.17. The number of alkyl halides is 3. The van der Waals surface area contributed by atoms with Crippen LogP contribution in [0.5, 0.6) is 0 Å². The third kappa shape index (κ3) is 3.55. The summed E-state index contributed by atoms with van der Waals surface area (Å²) in [5.74, 6) is 0. The van der Waals surface area contributed by atoms with Crippen LogP contribution in [0.1, 0.15) is 18.4 Å². The molecule has 7 heteroatoms. The predicted octanol–water partition coefficient (Wildman–Crippen LogP) is 3.70. The highest BCUT2D eigenvalue weighted by molar-refractivity contribution is 5.67. The van der Waals surface area contributed by atoms with Crippen molar-refractivity contribution in [3.05, 3.63) is 42.2 Å². The quantitative estimate of drug-likeness (QED) is 0.755. The first-order valence-corrected chi connectivity index (χ1v) is 7.54. The highest BCUT2D eigenvalue weighted by Gasteiger charge is 2.31. The van der Waals surface area contributed by atoms with Crippen molar-refractivity contribution in [3.8, 4) is 0 Å². The normalized spacial score (nSPS) is 16.6. The molecule has 23 heavy (non-hydrogen) atoms. The van der Waals surface area contributed by atoms with Crippen LogP contribution < -0.4 is 16.0 Å². The van der Waals surface area contributed by atoms with Crippen LogP contribution in [0.4, 0.5) is 30.2 Å². The first-order chi connectivity index (χ1) is 10.9. The van der Waals surface area contributed by atoms with Crippen molar-refractivity contribution in [1.82, 2.24) is 4.98 Å². The molecule has 0 unspecified atom stereocenters. The number of nitrogen functional groups attached to an aromatic ring is 1. The van der Waals surface area contributed by atoms with Crippen LogP contribution in [-0.4, -0.2) is 24.1 Å². The van der Waals surface area contributed by atoms with Crippen molar-refractivity contribution in [3.63, 3.8) is 0 Å². The molecule has 3 rings (SSSR count). The van der Waals surface area contributed by atoms with Crippen LogP contribution in [0.15, 0.2) is 36.7 Å². The lowest BCUT2D eigenvalue weighted by Gasteiger charge is -2.34. The average Bonchev–Trinajstić information content (AvgIpc) is 3.03. The SMILES string of the molecule is Nc1ccc(C(F)(F)F)cc1NC1CCN(c2cc[nH]c2)CC1. The molecular weight excluding hydrogens is 305 g/mol. The van der Waals surface area contributed by atoms with Crippen molar-refractivity contribution in [2.75, 3.05) is 29.0 Å². The maximum Gasteiger partial charge on any atom is 0.416 e. The number of piperidine rings is 1. The van der Waals surface area contributed by atoms with Crippen LogP contribution >= 0.6 is 0 Å². The molecule has 0 spiro atoms. The Morgan fingerprint density at radius 1 is 1.17 bits per heavy atom. The van der Waals surface area contributed by atoms with Gasteiger partial charge in [0.05, 0.1) is 22.6 Å². The number of aromatic amines is 1. The fourth-order valence-electron chi connectivity index (χ4n) is 2.87. The zero-order chi connectivity index (χ0) is 16.4. The van der Waals surface area contributed by atoms with Gasteiger partial charge in [0.2, 0.25) is 0 Å². The number of benzene rings is 1. The Morgan fingerprint density at radius 2 is 1.91 bits per heavy atom. The summed E-state index contributed by atoms with van der Waals surface area (Å²) in [6.45, 7) is 1.71. The van der Waals surface area contributed by atoms with E-state index in [2.05, 4.69) is 15.2 Å². The predicted molar refractivity (Wildman–Crippen MR) is 85.5 cm³/mol. The molecule has 0 atom stereocenters. The number of nitrogens with two attached hydrogens (primary N) is 1. The molecule has 2 aromatic rings. The number of hydrogen-bond acceptors (Lipinski definition) is 3. The van der Waals surface area contributed by atoms with E-state index in [1.165, 1.54) is 6.07 Å². The first kappa shape index (κ1) is 15.6. The van der Waals surface area contributed by atoms with Gasteiger partial charge in [0.25, 0.3) is 0 Å². The molecule has 0 aliphatic carbocycles. The number of anilines is 3. The molecular formula is C16H19F3N4. The van der Waals surface area contributed by atoms with Crippen LogP contribution in [0.3, 0.4) is 0 Å². The Bertz CT molecular complexity index is 644. The van der Waals surface area contributed by atoms with Gasteiger partial charge in [-0.2, -0.15) is 13.2 Å². The molecule has 1 aromatic carbocycles. The first-order valence-electron chi connectivity index (χ1n) is 7.54. The molecule has 2 heterocycles. The fraction of sp³-hybridized carbons (Fsp3) is 0.375. The molecule has 0 radical (unpaired) electrons. The molecule has 1 aliphatic rings. The van der Waals surface area contributed by atoms with Crippen LogP contribution in [0.2, 0.25) is 0 Å². The lowest BCUT2D eigenvalue weighted by atomic mass is 10.0. The Morgan fingerprint density at radius 3 is 2.52 bits per heavy atom. The zero-order valence-corrected chi connectivity index (χ0v) is 12.5. The van der Waals surface area contributed by atoms with Crippen molar-refractivity contribution >= 4 is 17.1 Å². The van der Waals surface area contributed by atoms with E-state index in [0.717, 1.165) is 43.8 Å². The number of halogens is 3. The summed E-state index contributed by atoms with van der Waals surface area (Å²) >= 11 is 0. The second kappa shape index (κ2) is 6.06. The molecule has 0 amide bonds. The van der Waals surface area contributed by atoms with Gasteiger partial charge in [0.1, 0.15) is 0 Å². The number of H-pyrrole nitrogens is 1. The summed E-state index contributed by atoms with van der Waals surface area (Å²) in [5.41, 5.74) is 6.97. The van der Waals surface area contributed by atoms with Gasteiger partial charge >= 0.3 is 6.18 Å². The largest absolute Gasteiger partial charge is 0.416 e. The molecule has 4 N–H and O–H groups in total. The van der Waals surface area contributed by atoms with Crippen molar-refractivity contribution in [2.45, 2.75) is 25.1 Å². The van der Waals surface area contributed by atoms with E-state index >= 15 is 0 Å². The molecule has 124 valence electrons. The van der Waals surface area contributed by atoms with E-state index in [0.29, 0.717) is 11.4 Å². The highest BCUT2D eigenvalue weighted by atomic mass is 19.4. The molecule has 1 fully saturated rings. The van der Waals surface area contributed by atoms with E-state index in [-0.39, 0.29) is 6.04 Å². The summed E-state index contributed by atoms with van der Waals surface area (Å²) < 4.78 is 38.4. The Labute approximate surface area is 132 Å². The topological polar surface area (TPSA) is 57.1 Å². The molecule has 1 aromatic heterocycles. The van der Waals surface area contributed by atoms with Gasteiger partial charge in [0.15, 0.2) is 0 Å². The van der Waals surface area contributed by atoms with E-state index in [1.54, 1.807) is 0 Å². The van der Waals surface area contributed by atoms with E-state index < -0.39 is 11.7 Å². The van der Waals surface area contributed by atoms with Gasteiger partial charge in [-0.15, -0.1) is 0 Å². The van der Waals surface area contributed by atoms with Crippen LogP contribution in [0.25, 0.3) is 0 Å². The highest BCUT2D eigenvalue weighted by Crippen LogP contribution is 2.34. The van der Waals surface area contributed by atoms with Gasteiger partial charge in [0, 0.05) is 31.5 Å².